The number of hydrogen-bond acceptors (Lipinski definition) is 2. The maximum absolute atomic E-state index is 5.52. The third kappa shape index (κ3) is 2.42. The summed E-state index contributed by atoms with van der Waals surface area (Å²) in [6, 6.07) is 18.4. The summed E-state index contributed by atoms with van der Waals surface area (Å²) in [6.45, 7) is 2.07. The second-order valence-corrected chi connectivity index (χ2v) is 5.49. The highest BCUT2D eigenvalue weighted by molar-refractivity contribution is 14.1. The molecular weight excluding hydrogens is 349 g/mol. The smallest absolute Gasteiger partial charge is 0.180 e. The van der Waals surface area contributed by atoms with Crippen molar-refractivity contribution in [2.75, 3.05) is 0 Å². The minimum absolute atomic E-state index is 0.833. The zero-order chi connectivity index (χ0) is 13.2. The summed E-state index contributed by atoms with van der Waals surface area (Å²) in [6.07, 6.45) is 0. The fourth-order valence-electron chi connectivity index (χ4n) is 1.94. The topological polar surface area (TPSA) is 26.0 Å². The van der Waals surface area contributed by atoms with Gasteiger partial charge in [-0.2, -0.15) is 0 Å². The van der Waals surface area contributed by atoms with E-state index in [1.165, 1.54) is 5.56 Å². The molecule has 0 aliphatic carbocycles. The maximum atomic E-state index is 5.52. The summed E-state index contributed by atoms with van der Waals surface area (Å²) >= 11 is 2.30. The zero-order valence-corrected chi connectivity index (χ0v) is 12.6. The fraction of sp³-hybridized carbons (Fsp3) is 0.0625. The normalized spacial score (nSPS) is 10.6. The monoisotopic (exact) mass is 361 g/mol. The van der Waals surface area contributed by atoms with Gasteiger partial charge in [-0.25, -0.2) is 0 Å². The van der Waals surface area contributed by atoms with Gasteiger partial charge in [0.2, 0.25) is 0 Å². The number of benzene rings is 2. The van der Waals surface area contributed by atoms with Gasteiger partial charge in [0.25, 0.3) is 0 Å². The highest BCUT2D eigenvalue weighted by Gasteiger charge is 2.16. The molecule has 0 atom stereocenters. The van der Waals surface area contributed by atoms with E-state index in [-0.39, 0.29) is 0 Å². The van der Waals surface area contributed by atoms with E-state index < -0.39 is 0 Å². The quantitative estimate of drug-likeness (QED) is 0.606. The van der Waals surface area contributed by atoms with Crippen LogP contribution in [0.4, 0.5) is 0 Å². The van der Waals surface area contributed by atoms with Gasteiger partial charge in [-0.05, 0) is 29.5 Å². The van der Waals surface area contributed by atoms with E-state index >= 15 is 0 Å². The van der Waals surface area contributed by atoms with Crippen LogP contribution in [0.1, 0.15) is 5.56 Å². The average molecular weight is 361 g/mol. The van der Waals surface area contributed by atoms with E-state index in [1.807, 2.05) is 30.3 Å². The molecule has 3 aromatic rings. The van der Waals surface area contributed by atoms with Crippen LogP contribution in [0.15, 0.2) is 59.1 Å². The Kier molecular flexibility index (Phi) is 3.38. The molecule has 0 aliphatic heterocycles. The zero-order valence-electron chi connectivity index (χ0n) is 10.4. The molecule has 0 bridgehead atoms. The van der Waals surface area contributed by atoms with Gasteiger partial charge in [0, 0.05) is 11.1 Å². The van der Waals surface area contributed by atoms with Crippen LogP contribution in [-0.2, 0) is 0 Å². The number of halogens is 1. The third-order valence-electron chi connectivity index (χ3n) is 3.00. The summed E-state index contributed by atoms with van der Waals surface area (Å²) < 4.78 is 6.57. The van der Waals surface area contributed by atoms with E-state index in [4.69, 9.17) is 4.52 Å². The molecule has 19 heavy (non-hydrogen) atoms. The average Bonchev–Trinajstić information content (AvgIpc) is 2.83. The summed E-state index contributed by atoms with van der Waals surface area (Å²) in [5, 5.41) is 4.20. The predicted molar refractivity (Wildman–Crippen MR) is 84.8 cm³/mol. The van der Waals surface area contributed by atoms with Gasteiger partial charge in [-0.3, -0.25) is 0 Å². The predicted octanol–water partition coefficient (Wildman–Crippen LogP) is 4.92. The number of nitrogens with zero attached hydrogens (tertiary/aromatic N) is 1. The first-order valence-corrected chi connectivity index (χ1v) is 7.11. The first-order chi connectivity index (χ1) is 9.25. The Morgan fingerprint density at radius 2 is 1.58 bits per heavy atom. The molecule has 1 heterocycles. The molecule has 2 nitrogen and oxygen atoms in total. The molecule has 0 N–H and O–H groups in total. The highest BCUT2D eigenvalue weighted by Crippen LogP contribution is 2.33. The standard InChI is InChI=1S/C16H12INO/c1-11-7-9-13(10-8-11)16-14(17)15(18-19-16)12-5-3-2-4-6-12/h2-10H,1H3. The molecule has 0 saturated heterocycles. The van der Waals surface area contributed by atoms with Gasteiger partial charge in [-0.15, -0.1) is 0 Å². The van der Waals surface area contributed by atoms with Crippen LogP contribution in [0.5, 0.6) is 0 Å². The van der Waals surface area contributed by atoms with Crippen LogP contribution in [0.25, 0.3) is 22.6 Å². The molecule has 0 amide bonds. The Hall–Kier alpha value is -1.62. The molecule has 3 heteroatoms. The molecule has 2 aromatic carbocycles. The van der Waals surface area contributed by atoms with Crippen molar-refractivity contribution < 1.29 is 4.52 Å². The molecule has 0 fully saturated rings. The van der Waals surface area contributed by atoms with Crippen molar-refractivity contribution in [3.63, 3.8) is 0 Å². The number of aryl methyl sites for hydroxylation is 1. The van der Waals surface area contributed by atoms with E-state index in [1.54, 1.807) is 0 Å². The van der Waals surface area contributed by atoms with Gasteiger partial charge in [0.1, 0.15) is 5.69 Å². The Labute approximate surface area is 125 Å². The molecule has 3 rings (SSSR count). The van der Waals surface area contributed by atoms with Gasteiger partial charge in [-0.1, -0.05) is 65.3 Å². The number of hydrogen-bond donors (Lipinski definition) is 0. The van der Waals surface area contributed by atoms with Crippen LogP contribution >= 0.6 is 22.6 Å². The Bertz CT molecular complexity index is 687. The van der Waals surface area contributed by atoms with Crippen molar-refractivity contribution in [1.82, 2.24) is 5.16 Å². The number of rotatable bonds is 2. The van der Waals surface area contributed by atoms with Crippen molar-refractivity contribution in [3.05, 3.63) is 63.7 Å². The summed E-state index contributed by atoms with van der Waals surface area (Å²) in [5.74, 6) is 0.833. The summed E-state index contributed by atoms with van der Waals surface area (Å²) in [4.78, 5) is 0. The van der Waals surface area contributed by atoms with Gasteiger partial charge < -0.3 is 4.52 Å². The molecule has 0 radical (unpaired) electrons. The van der Waals surface area contributed by atoms with Crippen LogP contribution in [0.3, 0.4) is 0 Å². The minimum atomic E-state index is 0.833. The molecular formula is C16H12INO. The lowest BCUT2D eigenvalue weighted by Crippen LogP contribution is -1.81. The van der Waals surface area contributed by atoms with Crippen molar-refractivity contribution in [1.29, 1.82) is 0 Å². The second-order valence-electron chi connectivity index (χ2n) is 4.41. The van der Waals surface area contributed by atoms with E-state index in [2.05, 4.69) is 58.9 Å². The van der Waals surface area contributed by atoms with Crippen molar-refractivity contribution >= 4 is 22.6 Å². The Morgan fingerprint density at radius 3 is 2.26 bits per heavy atom. The van der Waals surface area contributed by atoms with E-state index in [0.717, 1.165) is 26.2 Å². The molecule has 0 saturated carbocycles. The minimum Gasteiger partial charge on any atom is -0.354 e. The van der Waals surface area contributed by atoms with Gasteiger partial charge >= 0.3 is 0 Å². The Balaban J connectivity index is 2.06. The van der Waals surface area contributed by atoms with Crippen molar-refractivity contribution in [2.24, 2.45) is 0 Å². The lowest BCUT2D eigenvalue weighted by molar-refractivity contribution is 0.434. The largest absolute Gasteiger partial charge is 0.354 e. The van der Waals surface area contributed by atoms with Crippen LogP contribution in [-0.4, -0.2) is 5.16 Å². The summed E-state index contributed by atoms with van der Waals surface area (Å²) in [7, 11) is 0. The molecule has 0 aliphatic rings. The fourth-order valence-corrected chi connectivity index (χ4v) is 2.76. The van der Waals surface area contributed by atoms with Gasteiger partial charge in [0.05, 0.1) is 3.57 Å². The maximum Gasteiger partial charge on any atom is 0.180 e. The van der Waals surface area contributed by atoms with E-state index in [0.29, 0.717) is 0 Å². The van der Waals surface area contributed by atoms with Crippen LogP contribution < -0.4 is 0 Å². The SMILES string of the molecule is Cc1ccc(-c2onc(-c3ccccc3)c2I)cc1. The van der Waals surface area contributed by atoms with Gasteiger partial charge in [0.15, 0.2) is 5.76 Å². The lowest BCUT2D eigenvalue weighted by Gasteiger charge is -1.98. The molecule has 94 valence electrons. The van der Waals surface area contributed by atoms with Crippen LogP contribution in [0.2, 0.25) is 0 Å². The molecule has 1 aromatic heterocycles. The second kappa shape index (κ2) is 5.17. The number of aromatic nitrogens is 1. The highest BCUT2D eigenvalue weighted by atomic mass is 127. The first-order valence-electron chi connectivity index (χ1n) is 6.03. The van der Waals surface area contributed by atoms with Crippen LogP contribution in [0, 0.1) is 10.5 Å². The third-order valence-corrected chi connectivity index (χ3v) is 4.00. The molecule has 0 spiro atoms. The molecule has 0 unspecified atom stereocenters. The lowest BCUT2D eigenvalue weighted by atomic mass is 10.1. The van der Waals surface area contributed by atoms with E-state index in [9.17, 15) is 0 Å². The first kappa shape index (κ1) is 12.4. The van der Waals surface area contributed by atoms with Crippen molar-refractivity contribution in [2.45, 2.75) is 6.92 Å². The Morgan fingerprint density at radius 1 is 0.895 bits per heavy atom. The van der Waals surface area contributed by atoms with Crippen molar-refractivity contribution in [3.8, 4) is 22.6 Å². The summed E-state index contributed by atoms with van der Waals surface area (Å²) in [5.41, 5.74) is 4.28.